The van der Waals surface area contributed by atoms with E-state index < -0.39 is 42.2 Å². The average Bonchev–Trinajstić information content (AvgIpc) is 2.58. The first-order chi connectivity index (χ1) is 12.0. The number of hydrogen-bond acceptors (Lipinski definition) is 6. The third-order valence-electron chi connectivity index (χ3n) is 4.07. The first-order valence-corrected chi connectivity index (χ1v) is 8.45. The topological polar surface area (TPSA) is 83.1 Å². The lowest BCUT2D eigenvalue weighted by atomic mass is 9.96. The summed E-state index contributed by atoms with van der Waals surface area (Å²) in [6.45, 7) is 2.89. The number of halogens is 1. The van der Waals surface area contributed by atoms with Gasteiger partial charge in [-0.2, -0.15) is 0 Å². The van der Waals surface area contributed by atoms with Crippen LogP contribution in [0.1, 0.15) is 25.7 Å². The fourth-order valence-corrected chi connectivity index (χ4v) is 3.40. The molecule has 1 aromatic carbocycles. The molecule has 6 atom stereocenters. The number of hydrogen-bond donors (Lipinski definition) is 1. The Bertz CT molecular complexity index is 627. The summed E-state index contributed by atoms with van der Waals surface area (Å²) in [6.07, 6.45) is -2.52. The lowest BCUT2D eigenvalue weighted by Crippen LogP contribution is -2.65. The maximum atomic E-state index is 11.6. The fourth-order valence-electron chi connectivity index (χ4n) is 3.06. The molecule has 0 aromatic heterocycles. The highest BCUT2D eigenvalue weighted by molar-refractivity contribution is 6.20. The van der Waals surface area contributed by atoms with Gasteiger partial charge in [-0.1, -0.05) is 41.9 Å². The monoisotopic (exact) mass is 369 g/mol. The maximum absolute atomic E-state index is 11.6. The van der Waals surface area contributed by atoms with Gasteiger partial charge in [-0.25, -0.2) is 0 Å². The Morgan fingerprint density at radius 3 is 2.56 bits per heavy atom. The summed E-state index contributed by atoms with van der Waals surface area (Å²) in [5.41, 5.74) is -0.0263. The first kappa shape index (κ1) is 18.1. The van der Waals surface area contributed by atoms with Crippen LogP contribution < -0.4 is 5.32 Å². The van der Waals surface area contributed by atoms with Crippen molar-refractivity contribution >= 4 is 23.5 Å². The standard InChI is InChI=1S/C17H20ClNO6/c1-9(20)19-13-15(23-10(2)21)14-12(24-16(13)18)8-22-17(25-14)11-6-4-3-5-7-11/h3-7,12-17H,8H2,1-2H3,(H,19,20)/t12-,13-,14-,15-,16?,17?/m1/s1. The van der Waals surface area contributed by atoms with Gasteiger partial charge in [0.25, 0.3) is 0 Å². The van der Waals surface area contributed by atoms with Crippen molar-refractivity contribution in [3.8, 4) is 0 Å². The van der Waals surface area contributed by atoms with Crippen molar-refractivity contribution in [2.45, 2.75) is 50.1 Å². The van der Waals surface area contributed by atoms with Crippen molar-refractivity contribution in [2.24, 2.45) is 0 Å². The first-order valence-electron chi connectivity index (χ1n) is 8.01. The van der Waals surface area contributed by atoms with Crippen molar-refractivity contribution in [2.75, 3.05) is 6.61 Å². The van der Waals surface area contributed by atoms with Gasteiger partial charge in [0.1, 0.15) is 18.2 Å². The van der Waals surface area contributed by atoms with Crippen LogP contribution in [0, 0.1) is 0 Å². The van der Waals surface area contributed by atoms with Crippen molar-refractivity contribution in [3.05, 3.63) is 35.9 Å². The van der Waals surface area contributed by atoms with Crippen LogP contribution in [0.2, 0.25) is 0 Å². The van der Waals surface area contributed by atoms with E-state index >= 15 is 0 Å². The summed E-state index contributed by atoms with van der Waals surface area (Å²) in [6, 6.07) is 8.69. The van der Waals surface area contributed by atoms with Crippen LogP contribution in [0.3, 0.4) is 0 Å². The molecule has 2 unspecified atom stereocenters. The number of rotatable bonds is 3. The Morgan fingerprint density at radius 1 is 1.20 bits per heavy atom. The second-order valence-electron chi connectivity index (χ2n) is 6.00. The minimum absolute atomic E-state index is 0.234. The Hall–Kier alpha value is -1.67. The average molecular weight is 370 g/mol. The van der Waals surface area contributed by atoms with Gasteiger partial charge >= 0.3 is 5.97 Å². The molecule has 3 rings (SSSR count). The fraction of sp³-hybridized carbons (Fsp3) is 0.529. The summed E-state index contributed by atoms with van der Waals surface area (Å²) in [5.74, 6) is -0.794. The molecule has 136 valence electrons. The molecule has 2 fully saturated rings. The van der Waals surface area contributed by atoms with Crippen LogP contribution >= 0.6 is 11.6 Å². The molecule has 0 radical (unpaired) electrons. The Kier molecular flexibility index (Phi) is 5.58. The maximum Gasteiger partial charge on any atom is 0.303 e. The van der Waals surface area contributed by atoms with Crippen LogP contribution in [0.25, 0.3) is 0 Å². The molecule has 1 aromatic rings. The molecule has 2 heterocycles. The lowest BCUT2D eigenvalue weighted by molar-refractivity contribution is -0.308. The van der Waals surface area contributed by atoms with Crippen LogP contribution in [0.5, 0.6) is 0 Å². The highest BCUT2D eigenvalue weighted by atomic mass is 35.5. The lowest BCUT2D eigenvalue weighted by Gasteiger charge is -2.47. The van der Waals surface area contributed by atoms with E-state index in [4.69, 9.17) is 30.5 Å². The van der Waals surface area contributed by atoms with E-state index in [2.05, 4.69) is 5.32 Å². The zero-order valence-electron chi connectivity index (χ0n) is 13.9. The van der Waals surface area contributed by atoms with Gasteiger partial charge in [0.05, 0.1) is 6.61 Å². The van der Waals surface area contributed by atoms with E-state index in [0.29, 0.717) is 0 Å². The smallest absolute Gasteiger partial charge is 0.303 e. The number of esters is 1. The van der Waals surface area contributed by atoms with E-state index in [1.54, 1.807) is 0 Å². The molecule has 25 heavy (non-hydrogen) atoms. The van der Waals surface area contributed by atoms with Gasteiger partial charge in [-0.05, 0) is 0 Å². The second-order valence-corrected chi connectivity index (χ2v) is 6.43. The van der Waals surface area contributed by atoms with Crippen molar-refractivity contribution in [1.29, 1.82) is 0 Å². The number of carbonyl (C=O) groups is 2. The molecule has 0 bridgehead atoms. The normalized spacial score (nSPS) is 34.7. The van der Waals surface area contributed by atoms with Gasteiger partial charge in [-0.15, -0.1) is 0 Å². The zero-order valence-corrected chi connectivity index (χ0v) is 14.6. The van der Waals surface area contributed by atoms with Crippen LogP contribution in [0.15, 0.2) is 30.3 Å². The summed E-state index contributed by atoms with van der Waals surface area (Å²) >= 11 is 6.24. The van der Waals surface area contributed by atoms with E-state index in [-0.39, 0.29) is 12.5 Å². The highest BCUT2D eigenvalue weighted by Crippen LogP contribution is 2.36. The Labute approximate surface area is 150 Å². The van der Waals surface area contributed by atoms with Gasteiger partial charge in [0, 0.05) is 19.4 Å². The second kappa shape index (κ2) is 7.70. The minimum Gasteiger partial charge on any atom is -0.457 e. The summed E-state index contributed by atoms with van der Waals surface area (Å²) in [4.78, 5) is 23.1. The minimum atomic E-state index is -0.866. The largest absolute Gasteiger partial charge is 0.457 e. The number of fused-ring (bicyclic) bond motifs is 1. The third-order valence-corrected chi connectivity index (χ3v) is 4.44. The molecule has 0 saturated carbocycles. The molecular weight excluding hydrogens is 350 g/mol. The Morgan fingerprint density at radius 2 is 1.92 bits per heavy atom. The van der Waals surface area contributed by atoms with Crippen LogP contribution in [-0.4, -0.2) is 48.4 Å². The van der Waals surface area contributed by atoms with E-state index in [1.807, 2.05) is 30.3 Å². The summed E-state index contributed by atoms with van der Waals surface area (Å²) in [7, 11) is 0. The van der Waals surface area contributed by atoms with Crippen LogP contribution in [0.4, 0.5) is 0 Å². The van der Waals surface area contributed by atoms with E-state index in [1.165, 1.54) is 13.8 Å². The number of benzene rings is 1. The molecule has 8 heteroatoms. The van der Waals surface area contributed by atoms with Crippen molar-refractivity contribution < 1.29 is 28.5 Å². The summed E-state index contributed by atoms with van der Waals surface area (Å²) < 4.78 is 22.9. The zero-order chi connectivity index (χ0) is 18.0. The Balaban J connectivity index is 1.84. The number of alkyl halides is 1. The predicted octanol–water partition coefficient (Wildman–Crippen LogP) is 1.50. The van der Waals surface area contributed by atoms with Crippen molar-refractivity contribution in [3.63, 3.8) is 0 Å². The molecule has 0 spiro atoms. The van der Waals surface area contributed by atoms with Gasteiger partial charge in [0.15, 0.2) is 18.0 Å². The molecule has 7 nitrogen and oxygen atoms in total. The quantitative estimate of drug-likeness (QED) is 0.642. The SMILES string of the molecule is CC(=O)N[C@H]1C(Cl)O[C@@H]2COC(c3ccccc3)O[C@H]2[C@@H]1OC(C)=O. The van der Waals surface area contributed by atoms with Gasteiger partial charge < -0.3 is 24.3 Å². The molecule has 2 aliphatic rings. The molecule has 1 amide bonds. The number of amides is 1. The third kappa shape index (κ3) is 4.12. The predicted molar refractivity (Wildman–Crippen MR) is 87.7 cm³/mol. The van der Waals surface area contributed by atoms with Crippen molar-refractivity contribution in [1.82, 2.24) is 5.32 Å². The van der Waals surface area contributed by atoms with Gasteiger partial charge in [-0.3, -0.25) is 9.59 Å². The summed E-state index contributed by atoms with van der Waals surface area (Å²) in [5, 5.41) is 2.68. The van der Waals surface area contributed by atoms with Crippen LogP contribution in [-0.2, 0) is 28.5 Å². The molecular formula is C17H20ClNO6. The highest BCUT2D eigenvalue weighted by Gasteiger charge is 2.51. The van der Waals surface area contributed by atoms with E-state index in [9.17, 15) is 9.59 Å². The molecule has 1 N–H and O–H groups in total. The molecule has 2 saturated heterocycles. The number of carbonyl (C=O) groups excluding carboxylic acids is 2. The van der Waals surface area contributed by atoms with Gasteiger partial charge in [0.2, 0.25) is 5.91 Å². The number of nitrogens with one attached hydrogen (secondary N) is 1. The molecule has 2 aliphatic heterocycles. The molecule has 0 aliphatic carbocycles. The van der Waals surface area contributed by atoms with E-state index in [0.717, 1.165) is 5.56 Å². The number of ether oxygens (including phenoxy) is 4.